The molecule has 0 heterocycles. The topological polar surface area (TPSA) is 37.3 Å². The van der Waals surface area contributed by atoms with E-state index < -0.39 is 0 Å². The maximum absolute atomic E-state index is 11.2. The van der Waals surface area contributed by atoms with Gasteiger partial charge in [-0.3, -0.25) is 4.79 Å². The molecule has 0 aliphatic carbocycles. The van der Waals surface area contributed by atoms with E-state index >= 15 is 0 Å². The summed E-state index contributed by atoms with van der Waals surface area (Å²) < 4.78 is 0. The van der Waals surface area contributed by atoms with Crippen molar-refractivity contribution in [1.82, 2.24) is 0 Å². The fourth-order valence-electron chi connectivity index (χ4n) is 2.78. The van der Waals surface area contributed by atoms with E-state index in [9.17, 15) is 4.79 Å². The molecule has 0 spiro atoms. The summed E-state index contributed by atoms with van der Waals surface area (Å²) in [5.74, 6) is 0. The molecule has 0 aliphatic rings. The van der Waals surface area contributed by atoms with Crippen LogP contribution in [0, 0.1) is 0 Å². The minimum absolute atomic E-state index is 0.0876. The van der Waals surface area contributed by atoms with Gasteiger partial charge in [-0.05, 0) is 91.6 Å². The maximum Gasteiger partial charge on any atom is 0.145 e. The number of carbonyl (C=O) groups excluding carboxylic acids is 1. The van der Waals surface area contributed by atoms with Crippen molar-refractivity contribution in [3.63, 3.8) is 0 Å². The minimum atomic E-state index is 0.0876. The summed E-state index contributed by atoms with van der Waals surface area (Å²) in [6.07, 6.45) is 19.7. The van der Waals surface area contributed by atoms with Gasteiger partial charge in [-0.25, -0.2) is 0 Å². The van der Waals surface area contributed by atoms with Gasteiger partial charge in [0.05, 0.1) is 6.61 Å². The molecule has 0 unspecified atom stereocenters. The Kier molecular flexibility index (Phi) is 15.5. The average Bonchev–Trinajstić information content (AvgIpc) is 2.60. The Morgan fingerprint density at radius 3 is 1.56 bits per heavy atom. The van der Waals surface area contributed by atoms with Gasteiger partial charge in [0.1, 0.15) is 6.29 Å². The van der Waals surface area contributed by atoms with E-state index in [1.165, 1.54) is 22.3 Å². The molecule has 0 aromatic rings. The zero-order valence-electron chi connectivity index (χ0n) is 18.2. The molecule has 0 saturated carbocycles. The zero-order valence-corrected chi connectivity index (χ0v) is 18.2. The molecule has 2 nitrogen and oxygen atoms in total. The minimum Gasteiger partial charge on any atom is -0.392 e. The third-order valence-corrected chi connectivity index (χ3v) is 4.58. The van der Waals surface area contributed by atoms with Gasteiger partial charge < -0.3 is 5.11 Å². The van der Waals surface area contributed by atoms with Crippen molar-refractivity contribution in [3.8, 4) is 0 Å². The Morgan fingerprint density at radius 2 is 1.07 bits per heavy atom. The lowest BCUT2D eigenvalue weighted by atomic mass is 10.0. The van der Waals surface area contributed by atoms with Gasteiger partial charge in [0.15, 0.2) is 0 Å². The summed E-state index contributed by atoms with van der Waals surface area (Å²) in [5.41, 5.74) is 6.30. The van der Waals surface area contributed by atoms with E-state index in [1.54, 1.807) is 0 Å². The summed E-state index contributed by atoms with van der Waals surface area (Å²) in [6, 6.07) is 0. The molecule has 0 aromatic carbocycles. The van der Waals surface area contributed by atoms with Gasteiger partial charge in [0, 0.05) is 0 Å². The summed E-state index contributed by atoms with van der Waals surface area (Å²) in [6.45, 7) is 10.8. The highest BCUT2D eigenvalue weighted by molar-refractivity contribution is 5.73. The first kappa shape index (κ1) is 25.3. The average molecular weight is 373 g/mol. The fraction of sp³-hybridized carbons (Fsp3) is 0.560. The van der Waals surface area contributed by atoms with Crippen molar-refractivity contribution < 1.29 is 9.90 Å². The van der Waals surface area contributed by atoms with E-state index in [0.717, 1.165) is 63.2 Å². The number of aliphatic hydroxyl groups is 1. The Morgan fingerprint density at radius 1 is 0.630 bits per heavy atom. The van der Waals surface area contributed by atoms with Gasteiger partial charge in [0.2, 0.25) is 0 Å². The zero-order chi connectivity index (χ0) is 20.5. The quantitative estimate of drug-likeness (QED) is 0.202. The summed E-state index contributed by atoms with van der Waals surface area (Å²) in [4.78, 5) is 11.2. The molecule has 0 aliphatic heterocycles. The number of aldehydes is 1. The number of hydrogen-bond acceptors (Lipinski definition) is 2. The monoisotopic (exact) mass is 372 g/mol. The van der Waals surface area contributed by atoms with Crippen LogP contribution in [-0.4, -0.2) is 18.0 Å². The van der Waals surface area contributed by atoms with E-state index in [2.05, 4.69) is 45.9 Å². The first-order chi connectivity index (χ1) is 12.9. The van der Waals surface area contributed by atoms with Crippen LogP contribution in [0.3, 0.4) is 0 Å². The highest BCUT2D eigenvalue weighted by atomic mass is 16.2. The molecule has 0 fully saturated rings. The second-order valence-corrected chi connectivity index (χ2v) is 7.67. The molecule has 0 saturated heterocycles. The van der Waals surface area contributed by atoms with Crippen molar-refractivity contribution in [2.24, 2.45) is 0 Å². The van der Waals surface area contributed by atoms with Crippen LogP contribution in [0.25, 0.3) is 0 Å². The van der Waals surface area contributed by atoms with Crippen LogP contribution >= 0.6 is 0 Å². The third-order valence-electron chi connectivity index (χ3n) is 4.58. The normalized spacial score (nSPS) is 13.7. The lowest BCUT2D eigenvalue weighted by Gasteiger charge is -2.03. The van der Waals surface area contributed by atoms with Gasteiger partial charge in [0.25, 0.3) is 0 Å². The Hall–Kier alpha value is -1.67. The summed E-state index contributed by atoms with van der Waals surface area (Å²) in [5, 5.41) is 8.85. The Bertz CT molecular complexity index is 567. The largest absolute Gasteiger partial charge is 0.392 e. The number of hydrogen-bond donors (Lipinski definition) is 1. The standard InChI is InChI=1S/C25H40O2/c1-21(2)10-6-11-22(3)12-7-13-23(4)14-8-16-25(20-27)17-9-15-24(5)18-19-26/h10,12,14,17-18,20,26H,6-9,11,13,15-16,19H2,1-5H3. The molecule has 0 rings (SSSR count). The van der Waals surface area contributed by atoms with Crippen molar-refractivity contribution in [2.75, 3.05) is 6.61 Å². The molecule has 27 heavy (non-hydrogen) atoms. The molecule has 0 atom stereocenters. The van der Waals surface area contributed by atoms with Crippen LogP contribution in [0.1, 0.15) is 86.0 Å². The van der Waals surface area contributed by atoms with Crippen LogP contribution in [0.2, 0.25) is 0 Å². The van der Waals surface area contributed by atoms with E-state index in [4.69, 9.17) is 5.11 Å². The molecule has 0 amide bonds. The molecule has 0 aromatic heterocycles. The smallest absolute Gasteiger partial charge is 0.145 e. The second kappa shape index (κ2) is 16.5. The highest BCUT2D eigenvalue weighted by Crippen LogP contribution is 2.14. The van der Waals surface area contributed by atoms with Gasteiger partial charge in [-0.1, -0.05) is 52.7 Å². The van der Waals surface area contributed by atoms with Gasteiger partial charge in [-0.2, -0.15) is 0 Å². The number of allylic oxidation sites excluding steroid dienone is 9. The predicted octanol–water partition coefficient (Wildman–Crippen LogP) is 7.03. The van der Waals surface area contributed by atoms with Crippen LogP contribution in [0.4, 0.5) is 0 Å². The molecule has 0 radical (unpaired) electrons. The van der Waals surface area contributed by atoms with Crippen LogP contribution < -0.4 is 0 Å². The van der Waals surface area contributed by atoms with Crippen molar-refractivity contribution >= 4 is 6.29 Å². The predicted molar refractivity (Wildman–Crippen MR) is 119 cm³/mol. The highest BCUT2D eigenvalue weighted by Gasteiger charge is 1.97. The molecule has 0 bridgehead atoms. The lowest BCUT2D eigenvalue weighted by molar-refractivity contribution is -0.105. The molecular formula is C25H40O2. The van der Waals surface area contributed by atoms with Crippen LogP contribution in [0.15, 0.2) is 58.2 Å². The van der Waals surface area contributed by atoms with Gasteiger partial charge in [-0.15, -0.1) is 0 Å². The SMILES string of the molecule is CC(C)=CCCC(C)=CCCC(C)=CCCC(C=O)=CCCC(C)=CCO. The van der Waals surface area contributed by atoms with Crippen molar-refractivity contribution in [1.29, 1.82) is 0 Å². The lowest BCUT2D eigenvalue weighted by Crippen LogP contribution is -1.87. The first-order valence-electron chi connectivity index (χ1n) is 10.2. The summed E-state index contributed by atoms with van der Waals surface area (Å²) >= 11 is 0. The first-order valence-corrected chi connectivity index (χ1v) is 10.2. The van der Waals surface area contributed by atoms with Crippen molar-refractivity contribution in [2.45, 2.75) is 86.0 Å². The Balaban J connectivity index is 4.19. The number of aliphatic hydroxyl groups excluding tert-OH is 1. The van der Waals surface area contributed by atoms with E-state index in [1.807, 2.05) is 19.1 Å². The molecule has 1 N–H and O–H groups in total. The summed E-state index contributed by atoms with van der Waals surface area (Å²) in [7, 11) is 0. The van der Waals surface area contributed by atoms with Crippen LogP contribution in [0.5, 0.6) is 0 Å². The third kappa shape index (κ3) is 16.2. The number of carbonyl (C=O) groups is 1. The molecular weight excluding hydrogens is 332 g/mol. The fourth-order valence-corrected chi connectivity index (χ4v) is 2.78. The molecule has 2 heteroatoms. The van der Waals surface area contributed by atoms with E-state index in [0.29, 0.717) is 0 Å². The maximum atomic E-state index is 11.2. The van der Waals surface area contributed by atoms with E-state index in [-0.39, 0.29) is 6.61 Å². The van der Waals surface area contributed by atoms with Crippen LogP contribution in [-0.2, 0) is 4.79 Å². The Labute approximate surface area is 167 Å². The van der Waals surface area contributed by atoms with Gasteiger partial charge >= 0.3 is 0 Å². The molecule has 152 valence electrons. The number of rotatable bonds is 14. The second-order valence-electron chi connectivity index (χ2n) is 7.67. The van der Waals surface area contributed by atoms with Crippen molar-refractivity contribution in [3.05, 3.63) is 58.2 Å².